The molecule has 110 valence electrons. The molecule has 3 N–H and O–H groups in total. The third-order valence-corrected chi connectivity index (χ3v) is 3.50. The van der Waals surface area contributed by atoms with Crippen LogP contribution in [0.15, 0.2) is 35.5 Å². The van der Waals surface area contributed by atoms with Crippen LogP contribution in [0, 0.1) is 27.7 Å². The Morgan fingerprint density at radius 3 is 2.33 bits per heavy atom. The molecular weight excluding hydrogens is 264 g/mol. The number of hydrogen-bond acceptors (Lipinski definition) is 3. The summed E-state index contributed by atoms with van der Waals surface area (Å²) in [5, 5.41) is 12.0. The van der Waals surface area contributed by atoms with Crippen LogP contribution in [0.5, 0.6) is 11.5 Å². The molecule has 4 heteroatoms. The molecule has 2 aromatic rings. The lowest BCUT2D eigenvalue weighted by atomic mass is 10.1. The van der Waals surface area contributed by atoms with Gasteiger partial charge in [-0.15, -0.1) is 0 Å². The largest absolute Gasteiger partial charge is 0.456 e. The van der Waals surface area contributed by atoms with E-state index in [2.05, 4.69) is 18.1 Å². The monoisotopic (exact) mass is 284 g/mol. The maximum absolute atomic E-state index is 8.90. The van der Waals surface area contributed by atoms with Gasteiger partial charge in [0.05, 0.1) is 5.56 Å². The van der Waals surface area contributed by atoms with E-state index in [4.69, 9.17) is 15.7 Å². The number of amidine groups is 1. The molecule has 0 amide bonds. The van der Waals surface area contributed by atoms with E-state index in [0.717, 1.165) is 22.4 Å². The lowest BCUT2D eigenvalue weighted by Gasteiger charge is -2.15. The number of nitrogens with zero attached hydrogens (tertiary/aromatic N) is 1. The summed E-state index contributed by atoms with van der Waals surface area (Å²) in [7, 11) is 0. The zero-order valence-corrected chi connectivity index (χ0v) is 12.8. The SMILES string of the molecule is Cc1ccc(C(N)=NO)c(Oc2cc(C)cc(C)c2C)c1. The van der Waals surface area contributed by atoms with Crippen molar-refractivity contribution in [1.29, 1.82) is 0 Å². The molecule has 0 saturated carbocycles. The Bertz CT molecular complexity index is 706. The molecule has 0 aromatic heterocycles. The first-order valence-electron chi connectivity index (χ1n) is 6.76. The van der Waals surface area contributed by atoms with E-state index in [1.54, 1.807) is 6.07 Å². The minimum Gasteiger partial charge on any atom is -0.456 e. The summed E-state index contributed by atoms with van der Waals surface area (Å²) in [4.78, 5) is 0. The molecule has 0 unspecified atom stereocenters. The Kier molecular flexibility index (Phi) is 4.17. The van der Waals surface area contributed by atoms with Crippen LogP contribution >= 0.6 is 0 Å². The summed E-state index contributed by atoms with van der Waals surface area (Å²) in [6, 6.07) is 9.67. The standard InChI is InChI=1S/C17H20N2O2/c1-10-5-6-14(17(18)19-20)16(8-10)21-15-9-11(2)7-12(3)13(15)4/h5-9,20H,1-4H3,(H2,18,19). The maximum atomic E-state index is 8.90. The van der Waals surface area contributed by atoms with Crippen molar-refractivity contribution in [1.82, 2.24) is 0 Å². The molecule has 0 aliphatic heterocycles. The van der Waals surface area contributed by atoms with Gasteiger partial charge in [-0.2, -0.15) is 0 Å². The van der Waals surface area contributed by atoms with Gasteiger partial charge in [-0.05, 0) is 68.1 Å². The van der Waals surface area contributed by atoms with Gasteiger partial charge in [0, 0.05) is 0 Å². The number of benzene rings is 2. The van der Waals surface area contributed by atoms with E-state index in [1.165, 1.54) is 5.56 Å². The molecule has 0 saturated heterocycles. The molecule has 0 aliphatic carbocycles. The maximum Gasteiger partial charge on any atom is 0.173 e. The van der Waals surface area contributed by atoms with E-state index >= 15 is 0 Å². The number of rotatable bonds is 3. The highest BCUT2D eigenvalue weighted by Crippen LogP contribution is 2.31. The van der Waals surface area contributed by atoms with Crippen molar-refractivity contribution >= 4 is 5.84 Å². The van der Waals surface area contributed by atoms with Crippen molar-refractivity contribution in [3.8, 4) is 11.5 Å². The van der Waals surface area contributed by atoms with Gasteiger partial charge in [0.2, 0.25) is 0 Å². The molecule has 0 fully saturated rings. The van der Waals surface area contributed by atoms with Crippen LogP contribution in [0.2, 0.25) is 0 Å². The third-order valence-electron chi connectivity index (χ3n) is 3.50. The number of hydrogen-bond donors (Lipinski definition) is 2. The van der Waals surface area contributed by atoms with Crippen LogP contribution in [0.1, 0.15) is 27.8 Å². The highest BCUT2D eigenvalue weighted by Gasteiger charge is 2.12. The Morgan fingerprint density at radius 2 is 1.67 bits per heavy atom. The Hall–Kier alpha value is -2.49. The highest BCUT2D eigenvalue weighted by atomic mass is 16.5. The number of ether oxygens (including phenoxy) is 1. The minimum atomic E-state index is 0.0343. The van der Waals surface area contributed by atoms with Gasteiger partial charge >= 0.3 is 0 Å². The molecule has 0 bridgehead atoms. The van der Waals surface area contributed by atoms with Crippen molar-refractivity contribution < 1.29 is 9.94 Å². The normalized spacial score (nSPS) is 11.5. The summed E-state index contributed by atoms with van der Waals surface area (Å²) >= 11 is 0. The fourth-order valence-electron chi connectivity index (χ4n) is 2.20. The van der Waals surface area contributed by atoms with Gasteiger partial charge in [-0.3, -0.25) is 0 Å². The van der Waals surface area contributed by atoms with Crippen molar-refractivity contribution in [2.75, 3.05) is 0 Å². The smallest absolute Gasteiger partial charge is 0.173 e. The van der Waals surface area contributed by atoms with Crippen LogP contribution in [-0.4, -0.2) is 11.0 Å². The fourth-order valence-corrected chi connectivity index (χ4v) is 2.20. The van der Waals surface area contributed by atoms with Gasteiger partial charge in [-0.25, -0.2) is 0 Å². The van der Waals surface area contributed by atoms with Crippen LogP contribution in [0.25, 0.3) is 0 Å². The topological polar surface area (TPSA) is 67.8 Å². The minimum absolute atomic E-state index is 0.0343. The zero-order valence-electron chi connectivity index (χ0n) is 12.8. The second kappa shape index (κ2) is 5.87. The Balaban J connectivity index is 2.51. The lowest BCUT2D eigenvalue weighted by molar-refractivity contribution is 0.318. The molecular formula is C17H20N2O2. The van der Waals surface area contributed by atoms with E-state index in [9.17, 15) is 0 Å². The third kappa shape index (κ3) is 3.16. The average molecular weight is 284 g/mol. The molecule has 0 heterocycles. The molecule has 0 atom stereocenters. The second-order valence-electron chi connectivity index (χ2n) is 5.29. The van der Waals surface area contributed by atoms with Crippen LogP contribution in [0.4, 0.5) is 0 Å². The molecule has 0 aliphatic rings. The van der Waals surface area contributed by atoms with Gasteiger partial charge in [0.15, 0.2) is 5.84 Å². The molecule has 0 radical (unpaired) electrons. The van der Waals surface area contributed by atoms with Gasteiger partial charge in [-0.1, -0.05) is 17.3 Å². The zero-order chi connectivity index (χ0) is 15.6. The molecule has 0 spiro atoms. The first-order chi connectivity index (χ1) is 9.92. The van der Waals surface area contributed by atoms with Crippen molar-refractivity contribution in [2.45, 2.75) is 27.7 Å². The lowest BCUT2D eigenvalue weighted by Crippen LogP contribution is -2.14. The predicted molar refractivity (Wildman–Crippen MR) is 84.4 cm³/mol. The fraction of sp³-hybridized carbons (Fsp3) is 0.235. The van der Waals surface area contributed by atoms with Crippen LogP contribution in [0.3, 0.4) is 0 Å². The van der Waals surface area contributed by atoms with E-state index < -0.39 is 0 Å². The number of aryl methyl sites for hydroxylation is 3. The van der Waals surface area contributed by atoms with Crippen LogP contribution < -0.4 is 10.5 Å². The summed E-state index contributed by atoms with van der Waals surface area (Å²) in [5.41, 5.74) is 10.7. The van der Waals surface area contributed by atoms with E-state index in [1.807, 2.05) is 39.0 Å². The number of nitrogens with two attached hydrogens (primary N) is 1. The number of oxime groups is 1. The van der Waals surface area contributed by atoms with Crippen LogP contribution in [-0.2, 0) is 0 Å². The molecule has 21 heavy (non-hydrogen) atoms. The molecule has 2 aromatic carbocycles. The predicted octanol–water partition coefficient (Wildman–Crippen LogP) is 3.81. The van der Waals surface area contributed by atoms with Gasteiger partial charge in [0.25, 0.3) is 0 Å². The van der Waals surface area contributed by atoms with Crippen molar-refractivity contribution in [3.05, 3.63) is 58.1 Å². The van der Waals surface area contributed by atoms with E-state index in [0.29, 0.717) is 11.3 Å². The quantitative estimate of drug-likeness (QED) is 0.390. The summed E-state index contributed by atoms with van der Waals surface area (Å²) < 4.78 is 6.03. The highest BCUT2D eigenvalue weighted by molar-refractivity contribution is 5.99. The van der Waals surface area contributed by atoms with E-state index in [-0.39, 0.29) is 5.84 Å². The summed E-state index contributed by atoms with van der Waals surface area (Å²) in [5.74, 6) is 1.40. The van der Waals surface area contributed by atoms with Gasteiger partial charge < -0.3 is 15.7 Å². The first kappa shape index (κ1) is 14.9. The van der Waals surface area contributed by atoms with Crippen molar-refractivity contribution in [3.63, 3.8) is 0 Å². The first-order valence-corrected chi connectivity index (χ1v) is 6.76. The average Bonchev–Trinajstić information content (AvgIpc) is 2.43. The molecule has 2 rings (SSSR count). The van der Waals surface area contributed by atoms with Crippen molar-refractivity contribution in [2.24, 2.45) is 10.9 Å². The van der Waals surface area contributed by atoms with Gasteiger partial charge in [0.1, 0.15) is 11.5 Å². The Labute approximate surface area is 124 Å². The second-order valence-corrected chi connectivity index (χ2v) is 5.29. The Morgan fingerprint density at radius 1 is 1.00 bits per heavy atom. The summed E-state index contributed by atoms with van der Waals surface area (Å²) in [6.07, 6.45) is 0. The molecule has 4 nitrogen and oxygen atoms in total. The summed E-state index contributed by atoms with van der Waals surface area (Å²) in [6.45, 7) is 8.07.